The van der Waals surface area contributed by atoms with Gasteiger partial charge in [0.05, 0.1) is 18.6 Å². The molecule has 28 heavy (non-hydrogen) atoms. The molecule has 1 aromatic carbocycles. The van der Waals surface area contributed by atoms with E-state index in [-0.39, 0.29) is 17.9 Å². The molecule has 4 aromatic rings. The molecule has 2 unspecified atom stereocenters. The van der Waals surface area contributed by atoms with Crippen LogP contribution in [0.25, 0.3) is 28.5 Å². The second-order valence-electron chi connectivity index (χ2n) is 6.76. The van der Waals surface area contributed by atoms with Gasteiger partial charge in [-0.25, -0.2) is 9.97 Å². The van der Waals surface area contributed by atoms with Crippen molar-refractivity contribution in [2.24, 2.45) is 11.7 Å². The van der Waals surface area contributed by atoms with Crippen LogP contribution in [0.1, 0.15) is 18.5 Å². The number of benzene rings is 1. The van der Waals surface area contributed by atoms with Crippen molar-refractivity contribution in [1.82, 2.24) is 19.6 Å². The molecular formula is C20H22N6O2. The second-order valence-corrected chi connectivity index (χ2v) is 6.76. The van der Waals surface area contributed by atoms with Gasteiger partial charge in [-0.3, -0.25) is 0 Å². The largest absolute Gasteiger partial charge is 0.461 e. The SMILES string of the molecule is COCC(C)C(N)c1ccc(-c2cc3nc(-c4ccco4)nn3c(N)n2)cc1. The van der Waals surface area contributed by atoms with Crippen molar-refractivity contribution in [3.63, 3.8) is 0 Å². The summed E-state index contributed by atoms with van der Waals surface area (Å²) in [6.07, 6.45) is 1.58. The molecule has 0 aliphatic heterocycles. The number of anilines is 1. The maximum atomic E-state index is 6.31. The molecule has 0 radical (unpaired) electrons. The van der Waals surface area contributed by atoms with E-state index in [9.17, 15) is 0 Å². The highest BCUT2D eigenvalue weighted by Gasteiger charge is 2.16. The van der Waals surface area contributed by atoms with Gasteiger partial charge in [0.15, 0.2) is 11.4 Å². The van der Waals surface area contributed by atoms with Crippen LogP contribution in [0.15, 0.2) is 53.1 Å². The maximum Gasteiger partial charge on any atom is 0.223 e. The highest BCUT2D eigenvalue weighted by atomic mass is 16.5. The van der Waals surface area contributed by atoms with Crippen molar-refractivity contribution in [2.75, 3.05) is 19.5 Å². The summed E-state index contributed by atoms with van der Waals surface area (Å²) in [5.74, 6) is 1.52. The number of aromatic nitrogens is 4. The van der Waals surface area contributed by atoms with Crippen LogP contribution in [-0.2, 0) is 4.74 Å². The Kier molecular flexibility index (Phi) is 4.81. The fourth-order valence-corrected chi connectivity index (χ4v) is 3.14. The first-order valence-corrected chi connectivity index (χ1v) is 8.99. The topological polar surface area (TPSA) is 117 Å². The smallest absolute Gasteiger partial charge is 0.223 e. The molecule has 0 aliphatic carbocycles. The summed E-state index contributed by atoms with van der Waals surface area (Å²) < 4.78 is 12.1. The van der Waals surface area contributed by atoms with E-state index in [2.05, 4.69) is 22.0 Å². The summed E-state index contributed by atoms with van der Waals surface area (Å²) in [7, 11) is 1.68. The average molecular weight is 378 g/mol. The fraction of sp³-hybridized carbons (Fsp3) is 0.250. The Hall–Kier alpha value is -3.23. The standard InChI is InChI=1S/C20H22N6O2/c1-12(11-27-2)18(21)14-7-5-13(6-8-14)15-10-17-24-19(16-4-3-9-28-16)25-26(17)20(22)23-15/h3-10,12,18H,11,21H2,1-2H3,(H2,22,23). The van der Waals surface area contributed by atoms with Crippen LogP contribution < -0.4 is 11.5 Å². The number of rotatable bonds is 6. The van der Waals surface area contributed by atoms with Crippen molar-refractivity contribution < 1.29 is 9.15 Å². The number of furan rings is 1. The number of methoxy groups -OCH3 is 1. The van der Waals surface area contributed by atoms with Crippen LogP contribution in [0, 0.1) is 5.92 Å². The van der Waals surface area contributed by atoms with E-state index in [1.807, 2.05) is 30.3 Å². The average Bonchev–Trinajstić information content (AvgIpc) is 3.37. The zero-order valence-electron chi connectivity index (χ0n) is 15.7. The third-order valence-electron chi connectivity index (χ3n) is 4.73. The lowest BCUT2D eigenvalue weighted by molar-refractivity contribution is 0.147. The molecular weight excluding hydrogens is 356 g/mol. The molecule has 4 rings (SSSR count). The molecule has 0 saturated carbocycles. The quantitative estimate of drug-likeness (QED) is 0.529. The van der Waals surface area contributed by atoms with Crippen LogP contribution in [0.5, 0.6) is 0 Å². The van der Waals surface area contributed by atoms with Crippen LogP contribution in [0.4, 0.5) is 5.95 Å². The molecule has 8 nitrogen and oxygen atoms in total. The zero-order chi connectivity index (χ0) is 19.7. The Morgan fingerprint density at radius 2 is 1.96 bits per heavy atom. The van der Waals surface area contributed by atoms with E-state index in [1.165, 1.54) is 4.52 Å². The Morgan fingerprint density at radius 1 is 1.18 bits per heavy atom. The van der Waals surface area contributed by atoms with Gasteiger partial charge in [0, 0.05) is 24.8 Å². The molecule has 0 spiro atoms. The number of fused-ring (bicyclic) bond motifs is 1. The van der Waals surface area contributed by atoms with Crippen molar-refractivity contribution in [3.05, 3.63) is 54.3 Å². The lowest BCUT2D eigenvalue weighted by Crippen LogP contribution is -2.22. The summed E-state index contributed by atoms with van der Waals surface area (Å²) >= 11 is 0. The van der Waals surface area contributed by atoms with Crippen molar-refractivity contribution in [3.8, 4) is 22.8 Å². The molecule has 144 valence electrons. The minimum atomic E-state index is -0.0955. The van der Waals surface area contributed by atoms with Gasteiger partial charge in [0.1, 0.15) is 0 Å². The fourth-order valence-electron chi connectivity index (χ4n) is 3.14. The number of hydrogen-bond acceptors (Lipinski definition) is 7. The summed E-state index contributed by atoms with van der Waals surface area (Å²) in [5, 5.41) is 4.36. The summed E-state index contributed by atoms with van der Waals surface area (Å²) in [4.78, 5) is 8.96. The molecule has 3 aromatic heterocycles. The van der Waals surface area contributed by atoms with E-state index in [1.54, 1.807) is 25.5 Å². The molecule has 0 fully saturated rings. The first-order chi connectivity index (χ1) is 13.6. The molecule has 0 aliphatic rings. The van der Waals surface area contributed by atoms with Gasteiger partial charge >= 0.3 is 0 Å². The summed E-state index contributed by atoms with van der Waals surface area (Å²) in [5.41, 5.74) is 15.7. The van der Waals surface area contributed by atoms with Gasteiger partial charge in [-0.15, -0.1) is 5.10 Å². The predicted molar refractivity (Wildman–Crippen MR) is 106 cm³/mol. The number of hydrogen-bond donors (Lipinski definition) is 2. The van der Waals surface area contributed by atoms with E-state index in [0.717, 1.165) is 11.1 Å². The van der Waals surface area contributed by atoms with Gasteiger partial charge in [0.2, 0.25) is 11.8 Å². The minimum absolute atomic E-state index is 0.0955. The Bertz CT molecular complexity index is 1070. The molecule has 0 amide bonds. The predicted octanol–water partition coefficient (Wildman–Crippen LogP) is 2.92. The lowest BCUT2D eigenvalue weighted by atomic mass is 9.95. The highest BCUT2D eigenvalue weighted by Crippen LogP contribution is 2.26. The summed E-state index contributed by atoms with van der Waals surface area (Å²) in [6.45, 7) is 2.68. The van der Waals surface area contributed by atoms with Crippen molar-refractivity contribution in [1.29, 1.82) is 0 Å². The normalized spacial score (nSPS) is 13.7. The van der Waals surface area contributed by atoms with Gasteiger partial charge in [-0.05, 0) is 23.6 Å². The zero-order valence-corrected chi connectivity index (χ0v) is 15.7. The van der Waals surface area contributed by atoms with Gasteiger partial charge in [0.25, 0.3) is 0 Å². The Labute approximate surface area is 162 Å². The first kappa shape index (κ1) is 18.1. The van der Waals surface area contributed by atoms with Crippen LogP contribution in [0.2, 0.25) is 0 Å². The van der Waals surface area contributed by atoms with Crippen LogP contribution >= 0.6 is 0 Å². The number of ether oxygens (including phenoxy) is 1. The van der Waals surface area contributed by atoms with Gasteiger partial charge in [-0.2, -0.15) is 4.52 Å². The monoisotopic (exact) mass is 378 g/mol. The van der Waals surface area contributed by atoms with Gasteiger partial charge < -0.3 is 20.6 Å². The lowest BCUT2D eigenvalue weighted by Gasteiger charge is -2.19. The molecule has 4 N–H and O–H groups in total. The van der Waals surface area contributed by atoms with Crippen molar-refractivity contribution in [2.45, 2.75) is 13.0 Å². The Morgan fingerprint density at radius 3 is 2.64 bits per heavy atom. The molecule has 0 saturated heterocycles. The number of nitrogens with two attached hydrogens (primary N) is 2. The third-order valence-corrected chi connectivity index (χ3v) is 4.73. The molecule has 3 heterocycles. The van der Waals surface area contributed by atoms with E-state index in [4.69, 9.17) is 20.6 Å². The molecule has 2 atom stereocenters. The van der Waals surface area contributed by atoms with Gasteiger partial charge in [-0.1, -0.05) is 31.2 Å². The third kappa shape index (κ3) is 3.35. The van der Waals surface area contributed by atoms with Crippen LogP contribution in [0.3, 0.4) is 0 Å². The first-order valence-electron chi connectivity index (χ1n) is 8.99. The molecule has 8 heteroatoms. The number of nitrogens with zero attached hydrogens (tertiary/aromatic N) is 4. The van der Waals surface area contributed by atoms with E-state index in [0.29, 0.717) is 29.5 Å². The number of nitrogen functional groups attached to an aromatic ring is 1. The maximum absolute atomic E-state index is 6.31. The Balaban J connectivity index is 1.65. The highest BCUT2D eigenvalue weighted by molar-refractivity contribution is 5.67. The van der Waals surface area contributed by atoms with E-state index >= 15 is 0 Å². The van der Waals surface area contributed by atoms with E-state index < -0.39 is 0 Å². The minimum Gasteiger partial charge on any atom is -0.461 e. The van der Waals surface area contributed by atoms with Crippen molar-refractivity contribution >= 4 is 11.6 Å². The molecule has 0 bridgehead atoms. The second kappa shape index (κ2) is 7.41. The van der Waals surface area contributed by atoms with Crippen LogP contribution in [-0.4, -0.2) is 33.3 Å². The summed E-state index contributed by atoms with van der Waals surface area (Å²) in [6, 6.07) is 13.3.